The molecule has 2 unspecified atom stereocenters. The molecule has 0 amide bonds. The Balaban J connectivity index is 1.42. The zero-order valence-corrected chi connectivity index (χ0v) is 20.5. The Morgan fingerprint density at radius 3 is 2.30 bits per heavy atom. The van der Waals surface area contributed by atoms with Gasteiger partial charge >= 0.3 is 0 Å². The molecule has 4 fully saturated rings. The van der Waals surface area contributed by atoms with Crippen LogP contribution in [0, 0.1) is 23.2 Å². The molecule has 2 saturated carbocycles. The van der Waals surface area contributed by atoms with Gasteiger partial charge in [0.25, 0.3) is 0 Å². The molecule has 0 aromatic rings. The molecule has 0 aromatic carbocycles. The van der Waals surface area contributed by atoms with Crippen LogP contribution in [0.4, 0.5) is 0 Å². The van der Waals surface area contributed by atoms with Crippen molar-refractivity contribution in [2.45, 2.75) is 88.4 Å². The lowest BCUT2D eigenvalue weighted by molar-refractivity contribution is -0.316. The lowest BCUT2D eigenvalue weighted by atomic mass is 9.85. The summed E-state index contributed by atoms with van der Waals surface area (Å²) in [6.07, 6.45) is 15.8. The molecule has 2 aliphatic heterocycles. The summed E-state index contributed by atoms with van der Waals surface area (Å²) < 4.78 is 13.7. The van der Waals surface area contributed by atoms with E-state index in [1.807, 2.05) is 6.08 Å². The van der Waals surface area contributed by atoms with Crippen molar-refractivity contribution in [1.82, 2.24) is 0 Å². The van der Waals surface area contributed by atoms with Gasteiger partial charge in [0.2, 0.25) is 0 Å². The summed E-state index contributed by atoms with van der Waals surface area (Å²) in [5.41, 5.74) is 0.0936. The highest BCUT2D eigenvalue weighted by molar-refractivity contribution is 8.20. The Kier molecular flexibility index (Phi) is 7.97. The highest BCUT2D eigenvalue weighted by Crippen LogP contribution is 2.51. The van der Waals surface area contributed by atoms with Crippen LogP contribution in [-0.4, -0.2) is 40.9 Å². The number of thioether (sulfide) groups is 2. The van der Waals surface area contributed by atoms with Crippen molar-refractivity contribution >= 4 is 29.3 Å². The fraction of sp³-hybridized carbons (Fsp3) is 0.880. The van der Waals surface area contributed by atoms with Crippen LogP contribution in [0.1, 0.15) is 78.1 Å². The fourth-order valence-electron chi connectivity index (χ4n) is 5.63. The number of ketones is 1. The molecule has 2 aliphatic carbocycles. The zero-order valence-electron chi connectivity index (χ0n) is 18.9. The molecule has 4 aliphatic rings. The molecule has 0 aromatic heterocycles. The normalized spacial score (nSPS) is 32.7. The minimum absolute atomic E-state index is 0.0936. The number of hydrogen-bond donors (Lipinski definition) is 0. The van der Waals surface area contributed by atoms with Crippen molar-refractivity contribution in [2.75, 3.05) is 24.7 Å². The molecule has 170 valence electrons. The first kappa shape index (κ1) is 23.2. The monoisotopic (exact) mass is 452 g/mol. The Morgan fingerprint density at radius 1 is 0.967 bits per heavy atom. The Bertz CT molecular complexity index is 594. The summed E-state index contributed by atoms with van der Waals surface area (Å²) in [7, 11) is 0. The maximum Gasteiger partial charge on any atom is 0.171 e. The molecule has 1 spiro atoms. The Hall–Kier alpha value is 0.0300. The minimum Gasteiger partial charge on any atom is -0.349 e. The lowest BCUT2D eigenvalue weighted by Gasteiger charge is -2.45. The van der Waals surface area contributed by atoms with Crippen molar-refractivity contribution in [3.8, 4) is 0 Å². The van der Waals surface area contributed by atoms with Crippen LogP contribution in [0.2, 0.25) is 0 Å². The van der Waals surface area contributed by atoms with Crippen molar-refractivity contribution in [2.24, 2.45) is 23.2 Å². The molecule has 0 radical (unpaired) electrons. The van der Waals surface area contributed by atoms with Gasteiger partial charge in [-0.3, -0.25) is 4.79 Å². The van der Waals surface area contributed by atoms with E-state index in [2.05, 4.69) is 43.4 Å². The highest BCUT2D eigenvalue weighted by atomic mass is 32.2. The largest absolute Gasteiger partial charge is 0.349 e. The molecule has 2 atom stereocenters. The van der Waals surface area contributed by atoms with Crippen molar-refractivity contribution in [3.05, 3.63) is 12.2 Å². The number of allylic oxidation sites excluding steroid dienone is 2. The molecule has 5 heteroatoms. The summed E-state index contributed by atoms with van der Waals surface area (Å²) in [5.74, 6) is 3.53. The van der Waals surface area contributed by atoms with E-state index in [9.17, 15) is 4.79 Å². The maximum absolute atomic E-state index is 12.9. The minimum atomic E-state index is -0.427. The Morgan fingerprint density at radius 2 is 1.63 bits per heavy atom. The van der Waals surface area contributed by atoms with Crippen molar-refractivity contribution < 1.29 is 14.3 Å². The lowest BCUT2D eigenvalue weighted by Crippen LogP contribution is -2.50. The summed E-state index contributed by atoms with van der Waals surface area (Å²) in [6, 6.07) is 0. The van der Waals surface area contributed by atoms with Gasteiger partial charge in [-0.25, -0.2) is 0 Å². The molecule has 2 heterocycles. The second-order valence-electron chi connectivity index (χ2n) is 10.6. The standard InChI is InChI=1S/C25H40O3S2/c1-24(2)17-27-25(28-18-24)14-13-19(21(25)10-12-23-29-15-16-30-23)9-11-22(26)20-7-5-3-4-6-8-20/h9,11,19-21,23H,3-8,10,12-18H2,1-2H3/b11-9+. The number of ether oxygens (including phenoxy) is 2. The number of carbonyl (C=O) groups is 1. The third-order valence-electron chi connectivity index (χ3n) is 7.49. The van der Waals surface area contributed by atoms with Crippen LogP contribution in [0.5, 0.6) is 0 Å². The van der Waals surface area contributed by atoms with E-state index in [4.69, 9.17) is 9.47 Å². The first-order valence-corrected chi connectivity index (χ1v) is 14.3. The van der Waals surface area contributed by atoms with Crippen LogP contribution in [0.25, 0.3) is 0 Å². The summed E-state index contributed by atoms with van der Waals surface area (Å²) >= 11 is 4.22. The van der Waals surface area contributed by atoms with Gasteiger partial charge in [0.1, 0.15) is 0 Å². The zero-order chi connectivity index (χ0) is 21.0. The topological polar surface area (TPSA) is 35.5 Å². The van der Waals surface area contributed by atoms with Gasteiger partial charge in [0.15, 0.2) is 11.6 Å². The van der Waals surface area contributed by atoms with Gasteiger partial charge in [-0.1, -0.05) is 45.6 Å². The predicted octanol–water partition coefficient (Wildman–Crippen LogP) is 6.46. The summed E-state index contributed by atoms with van der Waals surface area (Å²) in [4.78, 5) is 12.9. The van der Waals surface area contributed by atoms with Crippen molar-refractivity contribution in [3.63, 3.8) is 0 Å². The van der Waals surface area contributed by atoms with Gasteiger partial charge in [-0.05, 0) is 44.1 Å². The smallest absolute Gasteiger partial charge is 0.171 e. The van der Waals surface area contributed by atoms with Gasteiger partial charge in [0, 0.05) is 35.2 Å². The second kappa shape index (κ2) is 10.3. The van der Waals surface area contributed by atoms with Gasteiger partial charge < -0.3 is 9.47 Å². The average Bonchev–Trinajstić information content (AvgIpc) is 3.27. The van der Waals surface area contributed by atoms with E-state index in [1.54, 1.807) is 0 Å². The third kappa shape index (κ3) is 5.68. The number of hydrogen-bond acceptors (Lipinski definition) is 5. The van der Waals surface area contributed by atoms with E-state index < -0.39 is 5.79 Å². The molecule has 4 rings (SSSR count). The van der Waals surface area contributed by atoms with E-state index >= 15 is 0 Å². The van der Waals surface area contributed by atoms with Crippen LogP contribution < -0.4 is 0 Å². The second-order valence-corrected chi connectivity index (χ2v) is 13.5. The van der Waals surface area contributed by atoms with E-state index in [-0.39, 0.29) is 11.3 Å². The SMILES string of the molecule is CC1(C)COC2(CCC(/C=C/C(=O)C3CCCCCC3)C2CCC2SCCS2)OC1. The van der Waals surface area contributed by atoms with Crippen LogP contribution in [0.3, 0.4) is 0 Å². The predicted molar refractivity (Wildman–Crippen MR) is 128 cm³/mol. The van der Waals surface area contributed by atoms with Gasteiger partial charge in [0.05, 0.1) is 17.8 Å². The van der Waals surface area contributed by atoms with E-state index in [1.165, 1.54) is 43.6 Å². The summed E-state index contributed by atoms with van der Waals surface area (Å²) in [6.45, 7) is 5.98. The molecular formula is C25H40O3S2. The molecule has 30 heavy (non-hydrogen) atoms. The molecular weight excluding hydrogens is 412 g/mol. The summed E-state index contributed by atoms with van der Waals surface area (Å²) in [5, 5.41) is 0. The fourth-order valence-corrected chi connectivity index (χ4v) is 8.49. The third-order valence-corrected chi connectivity index (χ3v) is 10.7. The van der Waals surface area contributed by atoms with E-state index in [0.29, 0.717) is 17.6 Å². The number of carbonyl (C=O) groups excluding carboxylic acids is 1. The van der Waals surface area contributed by atoms with Crippen LogP contribution in [-0.2, 0) is 14.3 Å². The first-order valence-electron chi connectivity index (χ1n) is 12.2. The quantitative estimate of drug-likeness (QED) is 0.341. The van der Waals surface area contributed by atoms with Crippen LogP contribution in [0.15, 0.2) is 12.2 Å². The number of rotatable bonds is 6. The van der Waals surface area contributed by atoms with Crippen molar-refractivity contribution in [1.29, 1.82) is 0 Å². The average molecular weight is 453 g/mol. The van der Waals surface area contributed by atoms with Gasteiger partial charge in [-0.2, -0.15) is 0 Å². The maximum atomic E-state index is 12.9. The van der Waals surface area contributed by atoms with Gasteiger partial charge in [-0.15, -0.1) is 23.5 Å². The molecule has 2 saturated heterocycles. The van der Waals surface area contributed by atoms with Crippen LogP contribution >= 0.6 is 23.5 Å². The molecule has 0 N–H and O–H groups in total. The molecule has 0 bridgehead atoms. The van der Waals surface area contributed by atoms with E-state index in [0.717, 1.165) is 49.9 Å². The highest BCUT2D eigenvalue weighted by Gasteiger charge is 2.52. The Labute approximate surface area is 191 Å². The molecule has 3 nitrogen and oxygen atoms in total. The first-order chi connectivity index (χ1) is 14.5.